The Bertz CT molecular complexity index is 1050. The van der Waals surface area contributed by atoms with Crippen LogP contribution in [0.1, 0.15) is 62.2 Å². The topological polar surface area (TPSA) is 70.7 Å². The lowest BCUT2D eigenvalue weighted by Gasteiger charge is -2.34. The Kier molecular flexibility index (Phi) is 9.50. The van der Waals surface area contributed by atoms with Crippen molar-refractivity contribution in [1.29, 1.82) is 0 Å². The second-order valence-corrected chi connectivity index (χ2v) is 10.2. The molecule has 0 spiro atoms. The Morgan fingerprint density at radius 3 is 2.32 bits per heavy atom. The van der Waals surface area contributed by atoms with Gasteiger partial charge in [-0.2, -0.15) is 0 Å². The number of rotatable bonds is 9. The molecular weight excluding hydrogens is 476 g/mol. The largest absolute Gasteiger partial charge is 0.494 e. The minimum absolute atomic E-state index is 0.00150. The Morgan fingerprint density at radius 1 is 0.973 bits per heavy atom. The number of carbonyl (C=O) groups is 2. The maximum absolute atomic E-state index is 14.0. The number of Topliss-reactive ketones (excluding diaryl/α,β-unsaturated/α-hetero) is 1. The first-order chi connectivity index (χ1) is 17.9. The van der Waals surface area contributed by atoms with Gasteiger partial charge in [0.2, 0.25) is 0 Å². The van der Waals surface area contributed by atoms with Crippen LogP contribution in [0.3, 0.4) is 0 Å². The first kappa shape index (κ1) is 27.0. The van der Waals surface area contributed by atoms with E-state index in [0.29, 0.717) is 25.4 Å². The summed E-state index contributed by atoms with van der Waals surface area (Å²) < 4.78 is 32.6. The number of ether oxygens (including phenoxy) is 1. The van der Waals surface area contributed by atoms with Gasteiger partial charge in [-0.1, -0.05) is 0 Å². The van der Waals surface area contributed by atoms with Crippen molar-refractivity contribution >= 4 is 17.5 Å². The quantitative estimate of drug-likeness (QED) is 0.402. The van der Waals surface area contributed by atoms with Gasteiger partial charge in [-0.3, -0.25) is 4.79 Å². The van der Waals surface area contributed by atoms with Gasteiger partial charge < -0.3 is 20.3 Å². The third-order valence-corrected chi connectivity index (χ3v) is 7.61. The molecule has 8 heteroatoms. The van der Waals surface area contributed by atoms with Crippen LogP contribution in [0.25, 0.3) is 0 Å². The minimum atomic E-state index is -0.772. The van der Waals surface area contributed by atoms with Crippen molar-refractivity contribution in [3.05, 3.63) is 59.7 Å². The molecule has 2 aliphatic rings. The van der Waals surface area contributed by atoms with Gasteiger partial charge in [0.05, 0.1) is 12.2 Å². The van der Waals surface area contributed by atoms with Crippen molar-refractivity contribution in [3.63, 3.8) is 0 Å². The van der Waals surface area contributed by atoms with E-state index in [1.807, 2.05) is 31.2 Å². The molecule has 6 nitrogen and oxygen atoms in total. The SMILES string of the molecule is CCOc1ccc(NC(=O)NC2CCC(CCN3CCC(C(=O)c4ccc(F)cc4F)CC3)CC2)cc1. The summed E-state index contributed by atoms with van der Waals surface area (Å²) in [7, 11) is 0. The molecule has 0 atom stereocenters. The van der Waals surface area contributed by atoms with Crippen molar-refractivity contribution in [2.24, 2.45) is 11.8 Å². The van der Waals surface area contributed by atoms with Crippen LogP contribution in [0.4, 0.5) is 19.3 Å². The molecule has 0 radical (unpaired) electrons. The Labute approximate surface area is 217 Å². The fourth-order valence-corrected chi connectivity index (χ4v) is 5.44. The van der Waals surface area contributed by atoms with Crippen molar-refractivity contribution in [3.8, 4) is 5.75 Å². The van der Waals surface area contributed by atoms with Crippen molar-refractivity contribution in [2.75, 3.05) is 31.6 Å². The van der Waals surface area contributed by atoms with Crippen molar-refractivity contribution < 1.29 is 23.1 Å². The van der Waals surface area contributed by atoms with Gasteiger partial charge in [0, 0.05) is 23.7 Å². The molecule has 2 fully saturated rings. The summed E-state index contributed by atoms with van der Waals surface area (Å²) in [6.45, 7) is 5.18. The average molecular weight is 514 g/mol. The molecule has 200 valence electrons. The average Bonchev–Trinajstić information content (AvgIpc) is 2.89. The van der Waals surface area contributed by atoms with Crippen LogP contribution >= 0.6 is 0 Å². The lowest BCUT2D eigenvalue weighted by molar-refractivity contribution is 0.0828. The molecule has 4 rings (SSSR count). The number of hydrogen-bond donors (Lipinski definition) is 2. The van der Waals surface area contributed by atoms with E-state index in [2.05, 4.69) is 15.5 Å². The highest BCUT2D eigenvalue weighted by molar-refractivity contribution is 5.98. The lowest BCUT2D eigenvalue weighted by atomic mass is 9.83. The molecule has 2 aromatic carbocycles. The van der Waals surface area contributed by atoms with Gasteiger partial charge >= 0.3 is 6.03 Å². The number of hydrogen-bond acceptors (Lipinski definition) is 4. The number of amides is 2. The Balaban J connectivity index is 1.12. The van der Waals surface area contributed by atoms with Gasteiger partial charge in [0.25, 0.3) is 0 Å². The van der Waals surface area contributed by atoms with E-state index in [1.54, 1.807) is 0 Å². The van der Waals surface area contributed by atoms with E-state index >= 15 is 0 Å². The van der Waals surface area contributed by atoms with Crippen molar-refractivity contribution in [2.45, 2.75) is 57.9 Å². The van der Waals surface area contributed by atoms with Gasteiger partial charge in [-0.05, 0) is 114 Å². The maximum Gasteiger partial charge on any atom is 0.319 e. The molecule has 2 aromatic rings. The Hall–Kier alpha value is -3.00. The normalized spacial score (nSPS) is 20.8. The second-order valence-electron chi connectivity index (χ2n) is 10.2. The summed E-state index contributed by atoms with van der Waals surface area (Å²) in [5, 5.41) is 5.99. The molecule has 1 saturated carbocycles. The number of piperidine rings is 1. The van der Waals surface area contributed by atoms with Gasteiger partial charge in [-0.15, -0.1) is 0 Å². The summed E-state index contributed by atoms with van der Waals surface area (Å²) >= 11 is 0. The molecule has 1 aliphatic carbocycles. The van der Waals surface area contributed by atoms with Crippen LogP contribution in [0, 0.1) is 23.5 Å². The van der Waals surface area contributed by atoms with Crippen LogP contribution in [0.15, 0.2) is 42.5 Å². The highest BCUT2D eigenvalue weighted by atomic mass is 19.1. The summed E-state index contributed by atoms with van der Waals surface area (Å²) in [5.74, 6) is -0.432. The number of likely N-dealkylation sites (tertiary alicyclic amines) is 1. The summed E-state index contributed by atoms with van der Waals surface area (Å²) in [6.07, 6.45) is 6.64. The maximum atomic E-state index is 14.0. The third kappa shape index (κ3) is 7.74. The van der Waals surface area contributed by atoms with E-state index in [4.69, 9.17) is 4.74 Å². The lowest BCUT2D eigenvalue weighted by Crippen LogP contribution is -2.41. The number of anilines is 1. The first-order valence-electron chi connectivity index (χ1n) is 13.4. The number of urea groups is 1. The third-order valence-electron chi connectivity index (χ3n) is 7.61. The Morgan fingerprint density at radius 2 is 1.68 bits per heavy atom. The fraction of sp³-hybridized carbons (Fsp3) is 0.517. The molecule has 1 aliphatic heterocycles. The monoisotopic (exact) mass is 513 g/mol. The van der Waals surface area contributed by atoms with Crippen LogP contribution in [-0.4, -0.2) is 49.0 Å². The summed E-state index contributed by atoms with van der Waals surface area (Å²) in [5.41, 5.74) is 0.737. The van der Waals surface area contributed by atoms with E-state index in [1.165, 1.54) is 6.07 Å². The standard InChI is InChI=1S/C29H37F2N3O3/c1-2-37-25-10-8-24(9-11-25)33-29(36)32-23-6-3-20(4-7-23)13-16-34-17-14-21(15-18-34)28(35)26-12-5-22(30)19-27(26)31/h5,8-12,19-21,23H,2-4,6-7,13-18H2,1H3,(H2,32,33,36). The summed E-state index contributed by atoms with van der Waals surface area (Å²) in [6, 6.07) is 10.5. The van der Waals surface area contributed by atoms with Crippen molar-refractivity contribution in [1.82, 2.24) is 10.2 Å². The predicted molar refractivity (Wildman–Crippen MR) is 140 cm³/mol. The summed E-state index contributed by atoms with van der Waals surface area (Å²) in [4.78, 5) is 27.4. The number of benzene rings is 2. The van der Waals surface area contributed by atoms with Crippen LogP contribution in [0.2, 0.25) is 0 Å². The predicted octanol–water partition coefficient (Wildman–Crippen LogP) is 6.03. The first-order valence-corrected chi connectivity index (χ1v) is 13.4. The fourth-order valence-electron chi connectivity index (χ4n) is 5.44. The van der Waals surface area contributed by atoms with Gasteiger partial charge in [0.15, 0.2) is 5.78 Å². The van der Waals surface area contributed by atoms with Gasteiger partial charge in [-0.25, -0.2) is 13.6 Å². The van der Waals surface area contributed by atoms with E-state index < -0.39 is 11.6 Å². The molecule has 1 saturated heterocycles. The van der Waals surface area contributed by atoms with Gasteiger partial charge in [0.1, 0.15) is 17.4 Å². The van der Waals surface area contributed by atoms with E-state index in [-0.39, 0.29) is 29.3 Å². The number of carbonyl (C=O) groups excluding carboxylic acids is 2. The molecule has 0 aromatic heterocycles. The molecule has 37 heavy (non-hydrogen) atoms. The molecule has 1 heterocycles. The second kappa shape index (κ2) is 13.0. The minimum Gasteiger partial charge on any atom is -0.494 e. The molecular formula is C29H37F2N3O3. The van der Waals surface area contributed by atoms with Crippen LogP contribution < -0.4 is 15.4 Å². The molecule has 0 bridgehead atoms. The number of ketones is 1. The number of nitrogens with zero attached hydrogens (tertiary/aromatic N) is 1. The van der Waals surface area contributed by atoms with Crippen LogP contribution in [-0.2, 0) is 0 Å². The smallest absolute Gasteiger partial charge is 0.319 e. The van der Waals surface area contributed by atoms with E-state index in [0.717, 1.165) is 75.3 Å². The number of halogens is 2. The zero-order valence-corrected chi connectivity index (χ0v) is 21.5. The zero-order valence-electron chi connectivity index (χ0n) is 21.5. The highest BCUT2D eigenvalue weighted by Crippen LogP contribution is 2.29. The number of nitrogens with one attached hydrogen (secondary N) is 2. The highest BCUT2D eigenvalue weighted by Gasteiger charge is 2.28. The molecule has 0 unspecified atom stereocenters. The molecule has 2 N–H and O–H groups in total. The van der Waals surface area contributed by atoms with E-state index in [9.17, 15) is 18.4 Å². The van der Waals surface area contributed by atoms with Crippen LogP contribution in [0.5, 0.6) is 5.75 Å². The molecule has 2 amide bonds. The zero-order chi connectivity index (χ0) is 26.2.